The molecule has 1 amide bonds. The fraction of sp³-hybridized carbons (Fsp3) is 0.133. The summed E-state index contributed by atoms with van der Waals surface area (Å²) in [6, 6.07) is 16.9. The second kappa shape index (κ2) is 6.29. The second-order valence-electron chi connectivity index (χ2n) is 4.12. The van der Waals surface area contributed by atoms with Gasteiger partial charge in [0.2, 0.25) is 5.91 Å². The molecule has 3 N–H and O–H groups in total. The molecule has 0 spiro atoms. The molecule has 98 valence electrons. The average molecular weight is 272 g/mol. The van der Waals surface area contributed by atoms with Gasteiger partial charge in [0, 0.05) is 10.6 Å². The lowest BCUT2D eigenvalue weighted by molar-refractivity contribution is -0.118. The SMILES string of the molecule is CSc1ccc(C(Nc2ccccc2)C(N)=O)cc1. The maximum absolute atomic E-state index is 11.6. The zero-order chi connectivity index (χ0) is 13.7. The summed E-state index contributed by atoms with van der Waals surface area (Å²) in [6.45, 7) is 0. The topological polar surface area (TPSA) is 55.1 Å². The third kappa shape index (κ3) is 3.51. The molecule has 0 aliphatic heterocycles. The number of primary amides is 1. The maximum Gasteiger partial charge on any atom is 0.244 e. The number of para-hydroxylation sites is 1. The van der Waals surface area contributed by atoms with Crippen molar-refractivity contribution < 1.29 is 4.79 Å². The highest BCUT2D eigenvalue weighted by atomic mass is 32.2. The van der Waals surface area contributed by atoms with Gasteiger partial charge in [-0.1, -0.05) is 30.3 Å². The molecule has 1 unspecified atom stereocenters. The Balaban J connectivity index is 2.22. The molecule has 1 atom stereocenters. The molecule has 0 heterocycles. The number of thioether (sulfide) groups is 1. The third-order valence-corrected chi connectivity index (χ3v) is 3.56. The van der Waals surface area contributed by atoms with Crippen molar-refractivity contribution in [1.29, 1.82) is 0 Å². The third-order valence-electron chi connectivity index (χ3n) is 2.82. The van der Waals surface area contributed by atoms with Gasteiger partial charge in [0.05, 0.1) is 0 Å². The molecule has 19 heavy (non-hydrogen) atoms. The normalized spacial score (nSPS) is 11.8. The van der Waals surface area contributed by atoms with Crippen molar-refractivity contribution in [3.8, 4) is 0 Å². The van der Waals surface area contributed by atoms with Crippen molar-refractivity contribution in [1.82, 2.24) is 0 Å². The fourth-order valence-electron chi connectivity index (χ4n) is 1.82. The van der Waals surface area contributed by atoms with Gasteiger partial charge in [0.25, 0.3) is 0 Å². The summed E-state index contributed by atoms with van der Waals surface area (Å²) in [7, 11) is 0. The first-order chi connectivity index (χ1) is 9.20. The van der Waals surface area contributed by atoms with E-state index in [4.69, 9.17) is 5.73 Å². The molecule has 0 aliphatic rings. The first-order valence-electron chi connectivity index (χ1n) is 5.95. The average Bonchev–Trinajstić information content (AvgIpc) is 2.46. The highest BCUT2D eigenvalue weighted by molar-refractivity contribution is 7.98. The van der Waals surface area contributed by atoms with Crippen LogP contribution in [0.4, 0.5) is 5.69 Å². The predicted octanol–water partition coefficient (Wildman–Crippen LogP) is 3.05. The Morgan fingerprint density at radius 3 is 2.26 bits per heavy atom. The highest BCUT2D eigenvalue weighted by Gasteiger charge is 2.17. The number of carbonyl (C=O) groups is 1. The van der Waals surface area contributed by atoms with Gasteiger partial charge in [-0.25, -0.2) is 0 Å². The van der Waals surface area contributed by atoms with Crippen LogP contribution in [-0.2, 0) is 4.79 Å². The van der Waals surface area contributed by atoms with Crippen LogP contribution in [0.25, 0.3) is 0 Å². The molecule has 0 aromatic heterocycles. The van der Waals surface area contributed by atoms with Gasteiger partial charge in [-0.2, -0.15) is 0 Å². The zero-order valence-corrected chi connectivity index (χ0v) is 11.5. The highest BCUT2D eigenvalue weighted by Crippen LogP contribution is 2.22. The van der Waals surface area contributed by atoms with Crippen LogP contribution in [0.2, 0.25) is 0 Å². The van der Waals surface area contributed by atoms with E-state index in [9.17, 15) is 4.79 Å². The van der Waals surface area contributed by atoms with E-state index in [0.717, 1.165) is 16.1 Å². The van der Waals surface area contributed by atoms with Crippen LogP contribution in [0, 0.1) is 0 Å². The smallest absolute Gasteiger partial charge is 0.244 e. The molecule has 2 rings (SSSR count). The van der Waals surface area contributed by atoms with Gasteiger partial charge in [0.1, 0.15) is 6.04 Å². The Bertz CT molecular complexity index is 540. The molecule has 2 aromatic carbocycles. The number of hydrogen-bond acceptors (Lipinski definition) is 3. The number of nitrogens with one attached hydrogen (secondary N) is 1. The van der Waals surface area contributed by atoms with Crippen LogP contribution >= 0.6 is 11.8 Å². The lowest BCUT2D eigenvalue weighted by Crippen LogP contribution is -2.27. The minimum absolute atomic E-state index is 0.388. The number of rotatable bonds is 5. The molecule has 0 saturated heterocycles. The van der Waals surface area contributed by atoms with Crippen molar-refractivity contribution >= 4 is 23.4 Å². The first-order valence-corrected chi connectivity index (χ1v) is 7.18. The minimum atomic E-state index is -0.515. The van der Waals surface area contributed by atoms with E-state index < -0.39 is 6.04 Å². The Labute approximate surface area is 117 Å². The summed E-state index contributed by atoms with van der Waals surface area (Å²) in [5.74, 6) is -0.388. The van der Waals surface area contributed by atoms with Crippen LogP contribution in [0.1, 0.15) is 11.6 Å². The van der Waals surface area contributed by atoms with Crippen LogP contribution in [0.15, 0.2) is 59.5 Å². The van der Waals surface area contributed by atoms with Gasteiger partial charge in [-0.05, 0) is 36.1 Å². The van der Waals surface area contributed by atoms with Crippen LogP contribution in [-0.4, -0.2) is 12.2 Å². The quantitative estimate of drug-likeness (QED) is 0.823. The molecule has 0 fully saturated rings. The number of nitrogens with two attached hydrogens (primary N) is 1. The van der Waals surface area contributed by atoms with E-state index in [1.54, 1.807) is 11.8 Å². The standard InChI is InChI=1S/C15H16N2OS/c1-19-13-9-7-11(8-10-13)14(15(16)18)17-12-5-3-2-4-6-12/h2-10,14,17H,1H3,(H2,16,18). The van der Waals surface area contributed by atoms with Gasteiger partial charge >= 0.3 is 0 Å². The molecular weight excluding hydrogens is 256 g/mol. The summed E-state index contributed by atoms with van der Waals surface area (Å²) in [5, 5.41) is 3.15. The summed E-state index contributed by atoms with van der Waals surface area (Å²) < 4.78 is 0. The Hall–Kier alpha value is -1.94. The fourth-order valence-corrected chi connectivity index (χ4v) is 2.22. The van der Waals surface area contributed by atoms with Crippen LogP contribution in [0.5, 0.6) is 0 Å². The van der Waals surface area contributed by atoms with Crippen LogP contribution < -0.4 is 11.1 Å². The molecule has 0 radical (unpaired) electrons. The maximum atomic E-state index is 11.6. The molecule has 0 bridgehead atoms. The lowest BCUT2D eigenvalue weighted by atomic mass is 10.1. The van der Waals surface area contributed by atoms with E-state index in [0.29, 0.717) is 0 Å². The van der Waals surface area contributed by atoms with Gasteiger partial charge in [-0.3, -0.25) is 4.79 Å². The Kier molecular flexibility index (Phi) is 4.47. The second-order valence-corrected chi connectivity index (χ2v) is 5.00. The Morgan fingerprint density at radius 2 is 1.74 bits per heavy atom. The van der Waals surface area contributed by atoms with Gasteiger partial charge in [0.15, 0.2) is 0 Å². The van der Waals surface area contributed by atoms with Crippen molar-refractivity contribution in [3.05, 3.63) is 60.2 Å². The van der Waals surface area contributed by atoms with Gasteiger partial charge < -0.3 is 11.1 Å². The number of hydrogen-bond donors (Lipinski definition) is 2. The van der Waals surface area contributed by atoms with Crippen molar-refractivity contribution in [2.24, 2.45) is 5.73 Å². The van der Waals surface area contributed by atoms with E-state index in [1.165, 1.54) is 0 Å². The minimum Gasteiger partial charge on any atom is -0.370 e. The Morgan fingerprint density at radius 1 is 1.11 bits per heavy atom. The monoisotopic (exact) mass is 272 g/mol. The molecule has 2 aromatic rings. The molecule has 0 saturated carbocycles. The summed E-state index contributed by atoms with van der Waals surface area (Å²) in [5.41, 5.74) is 7.23. The lowest BCUT2D eigenvalue weighted by Gasteiger charge is -2.17. The first kappa shape index (κ1) is 13.5. The zero-order valence-electron chi connectivity index (χ0n) is 10.7. The number of anilines is 1. The van der Waals surface area contributed by atoms with Crippen molar-refractivity contribution in [3.63, 3.8) is 0 Å². The molecule has 4 heteroatoms. The van der Waals surface area contributed by atoms with Crippen molar-refractivity contribution in [2.45, 2.75) is 10.9 Å². The van der Waals surface area contributed by atoms with E-state index in [2.05, 4.69) is 5.32 Å². The summed E-state index contributed by atoms with van der Waals surface area (Å²) in [6.07, 6.45) is 2.02. The summed E-state index contributed by atoms with van der Waals surface area (Å²) in [4.78, 5) is 12.8. The van der Waals surface area contributed by atoms with Gasteiger partial charge in [-0.15, -0.1) is 11.8 Å². The predicted molar refractivity (Wildman–Crippen MR) is 80.2 cm³/mol. The van der Waals surface area contributed by atoms with Crippen molar-refractivity contribution in [2.75, 3.05) is 11.6 Å². The molecule has 3 nitrogen and oxygen atoms in total. The number of benzene rings is 2. The molecular formula is C15H16N2OS. The van der Waals surface area contributed by atoms with E-state index in [-0.39, 0.29) is 5.91 Å². The van der Waals surface area contributed by atoms with Crippen LogP contribution in [0.3, 0.4) is 0 Å². The number of amides is 1. The largest absolute Gasteiger partial charge is 0.370 e. The number of carbonyl (C=O) groups excluding carboxylic acids is 1. The molecule has 0 aliphatic carbocycles. The van der Waals surface area contributed by atoms with E-state index >= 15 is 0 Å². The summed E-state index contributed by atoms with van der Waals surface area (Å²) >= 11 is 1.67. The van der Waals surface area contributed by atoms with E-state index in [1.807, 2.05) is 60.9 Å².